The number of pyridine rings is 1. The summed E-state index contributed by atoms with van der Waals surface area (Å²) >= 11 is 0. The fourth-order valence-electron chi connectivity index (χ4n) is 1.10. The summed E-state index contributed by atoms with van der Waals surface area (Å²) in [6.07, 6.45) is 4.64. The van der Waals surface area contributed by atoms with Crippen molar-refractivity contribution in [2.45, 2.75) is 6.42 Å². The second-order valence-corrected chi connectivity index (χ2v) is 5.92. The Balaban J connectivity index is 2.58. The van der Waals surface area contributed by atoms with Gasteiger partial charge in [0.15, 0.2) is 9.84 Å². The molecule has 1 aromatic heterocycles. The molecule has 1 rings (SSSR count). The van der Waals surface area contributed by atoms with Crippen LogP contribution in [0.15, 0.2) is 18.5 Å². The van der Waals surface area contributed by atoms with Gasteiger partial charge in [-0.15, -0.1) is 0 Å². The molecular formula is C12H15NO4S. The topological polar surface area (TPSA) is 76.5 Å². The van der Waals surface area contributed by atoms with Gasteiger partial charge in [-0.2, -0.15) is 0 Å². The lowest BCUT2D eigenvalue weighted by Gasteiger charge is -2.04. The molecule has 0 saturated heterocycles. The van der Waals surface area contributed by atoms with Crippen molar-refractivity contribution in [1.82, 2.24) is 4.98 Å². The number of aliphatic hydroxyl groups excluding tert-OH is 1. The molecule has 0 radical (unpaired) electrons. The van der Waals surface area contributed by atoms with Crippen LogP contribution >= 0.6 is 0 Å². The molecule has 0 saturated carbocycles. The molecule has 5 nitrogen and oxygen atoms in total. The SMILES string of the molecule is CS(=O)(=O)CCOc1cncc(C#CCCO)c1. The molecule has 1 heterocycles. The molecule has 0 aliphatic heterocycles. The van der Waals surface area contributed by atoms with Crippen molar-refractivity contribution < 1.29 is 18.3 Å². The molecular weight excluding hydrogens is 254 g/mol. The number of hydrogen-bond acceptors (Lipinski definition) is 5. The highest BCUT2D eigenvalue weighted by atomic mass is 32.2. The molecule has 18 heavy (non-hydrogen) atoms. The van der Waals surface area contributed by atoms with Crippen molar-refractivity contribution >= 4 is 9.84 Å². The Kier molecular flexibility index (Phi) is 5.62. The Morgan fingerprint density at radius 2 is 2.22 bits per heavy atom. The standard InChI is InChI=1S/C12H15NO4S/c1-18(15,16)7-6-17-12-8-11(9-13-10-12)4-2-3-5-14/h8-10,14H,3,5-7H2,1H3. The van der Waals surface area contributed by atoms with E-state index < -0.39 is 9.84 Å². The van der Waals surface area contributed by atoms with Gasteiger partial charge in [0.25, 0.3) is 0 Å². The molecule has 0 aromatic carbocycles. The van der Waals surface area contributed by atoms with Gasteiger partial charge in [0.1, 0.15) is 12.4 Å². The number of rotatable bonds is 5. The highest BCUT2D eigenvalue weighted by Crippen LogP contribution is 2.10. The van der Waals surface area contributed by atoms with Crippen molar-refractivity contribution in [3.05, 3.63) is 24.0 Å². The van der Waals surface area contributed by atoms with E-state index in [2.05, 4.69) is 16.8 Å². The number of ether oxygens (including phenoxy) is 1. The number of nitrogens with zero attached hydrogens (tertiary/aromatic N) is 1. The fraction of sp³-hybridized carbons (Fsp3) is 0.417. The minimum Gasteiger partial charge on any atom is -0.491 e. The summed E-state index contributed by atoms with van der Waals surface area (Å²) in [7, 11) is -3.02. The van der Waals surface area contributed by atoms with Gasteiger partial charge in [-0.3, -0.25) is 4.98 Å². The number of hydrogen-bond donors (Lipinski definition) is 1. The first kappa shape index (κ1) is 14.5. The molecule has 1 N–H and O–H groups in total. The minimum atomic E-state index is -3.02. The van der Waals surface area contributed by atoms with Crippen LogP contribution in [0.2, 0.25) is 0 Å². The number of aliphatic hydroxyl groups is 1. The minimum absolute atomic E-state index is 0.0188. The molecule has 1 aromatic rings. The van der Waals surface area contributed by atoms with Crippen LogP contribution in [0.4, 0.5) is 0 Å². The van der Waals surface area contributed by atoms with E-state index in [1.807, 2.05) is 0 Å². The van der Waals surface area contributed by atoms with Gasteiger partial charge in [-0.1, -0.05) is 11.8 Å². The van der Waals surface area contributed by atoms with Crippen LogP contribution in [0.1, 0.15) is 12.0 Å². The lowest BCUT2D eigenvalue weighted by atomic mass is 10.2. The average molecular weight is 269 g/mol. The Bertz CT molecular complexity index is 543. The Morgan fingerprint density at radius 1 is 1.44 bits per heavy atom. The zero-order valence-electron chi connectivity index (χ0n) is 10.1. The van der Waals surface area contributed by atoms with Gasteiger partial charge in [-0.25, -0.2) is 8.42 Å². The molecule has 0 spiro atoms. The second kappa shape index (κ2) is 6.99. The quantitative estimate of drug-likeness (QED) is 0.775. The van der Waals surface area contributed by atoms with Crippen molar-refractivity contribution in [3.8, 4) is 17.6 Å². The number of sulfone groups is 1. The normalized spacial score (nSPS) is 10.6. The Morgan fingerprint density at radius 3 is 2.89 bits per heavy atom. The maximum Gasteiger partial charge on any atom is 0.150 e. The second-order valence-electron chi connectivity index (χ2n) is 3.66. The largest absolute Gasteiger partial charge is 0.491 e. The Labute approximate surface area is 107 Å². The van der Waals surface area contributed by atoms with Crippen LogP contribution in [0.25, 0.3) is 0 Å². The molecule has 0 bridgehead atoms. The highest BCUT2D eigenvalue weighted by molar-refractivity contribution is 7.90. The van der Waals surface area contributed by atoms with Crippen molar-refractivity contribution in [3.63, 3.8) is 0 Å². The third kappa shape index (κ3) is 6.23. The maximum absolute atomic E-state index is 10.9. The van der Waals surface area contributed by atoms with Crippen LogP contribution in [0, 0.1) is 11.8 Å². The molecule has 6 heteroatoms. The van der Waals surface area contributed by atoms with E-state index >= 15 is 0 Å². The fourth-order valence-corrected chi connectivity index (χ4v) is 1.48. The van der Waals surface area contributed by atoms with Crippen LogP contribution in [-0.4, -0.2) is 43.7 Å². The van der Waals surface area contributed by atoms with Crippen LogP contribution < -0.4 is 4.74 Å². The third-order valence-corrected chi connectivity index (χ3v) is 2.81. The Hall–Kier alpha value is -1.58. The van der Waals surface area contributed by atoms with E-state index in [0.717, 1.165) is 6.26 Å². The smallest absolute Gasteiger partial charge is 0.150 e. The summed E-state index contributed by atoms with van der Waals surface area (Å²) in [4.78, 5) is 3.94. The highest BCUT2D eigenvalue weighted by Gasteiger charge is 2.02. The van der Waals surface area contributed by atoms with E-state index in [-0.39, 0.29) is 19.0 Å². The van der Waals surface area contributed by atoms with E-state index in [9.17, 15) is 8.42 Å². The molecule has 0 unspecified atom stereocenters. The summed E-state index contributed by atoms with van der Waals surface area (Å²) in [5, 5.41) is 8.59. The van der Waals surface area contributed by atoms with Crippen LogP contribution in [-0.2, 0) is 9.84 Å². The maximum atomic E-state index is 10.9. The predicted octanol–water partition coefficient (Wildman–Crippen LogP) is 0.239. The third-order valence-electron chi connectivity index (χ3n) is 1.91. The molecule has 0 aliphatic carbocycles. The molecule has 98 valence electrons. The average Bonchev–Trinajstić information content (AvgIpc) is 2.28. The first-order chi connectivity index (χ1) is 8.51. The first-order valence-corrected chi connectivity index (χ1v) is 7.42. The molecule has 0 amide bonds. The lowest BCUT2D eigenvalue weighted by molar-refractivity contribution is 0.305. The van der Waals surface area contributed by atoms with Crippen molar-refractivity contribution in [1.29, 1.82) is 0 Å². The number of aromatic nitrogens is 1. The van der Waals surface area contributed by atoms with Crippen LogP contribution in [0.5, 0.6) is 5.75 Å². The molecule has 0 aliphatic rings. The summed E-state index contributed by atoms with van der Waals surface area (Å²) in [5.74, 6) is 6.04. The van der Waals surface area contributed by atoms with Gasteiger partial charge in [-0.05, 0) is 6.07 Å². The monoisotopic (exact) mass is 269 g/mol. The molecule has 0 fully saturated rings. The molecule has 0 atom stereocenters. The summed E-state index contributed by atoms with van der Waals surface area (Å²) < 4.78 is 27.1. The van der Waals surface area contributed by atoms with Gasteiger partial charge >= 0.3 is 0 Å². The van der Waals surface area contributed by atoms with E-state index in [1.54, 1.807) is 12.3 Å². The first-order valence-electron chi connectivity index (χ1n) is 5.36. The van der Waals surface area contributed by atoms with E-state index in [0.29, 0.717) is 17.7 Å². The summed E-state index contributed by atoms with van der Waals surface area (Å²) in [6, 6.07) is 1.68. The predicted molar refractivity (Wildman–Crippen MR) is 68.0 cm³/mol. The van der Waals surface area contributed by atoms with Crippen molar-refractivity contribution in [2.75, 3.05) is 25.2 Å². The van der Waals surface area contributed by atoms with Gasteiger partial charge in [0.2, 0.25) is 0 Å². The van der Waals surface area contributed by atoms with E-state index in [1.165, 1.54) is 6.20 Å². The van der Waals surface area contributed by atoms with Gasteiger partial charge in [0.05, 0.1) is 18.6 Å². The zero-order valence-corrected chi connectivity index (χ0v) is 10.9. The summed E-state index contributed by atoms with van der Waals surface area (Å²) in [5.41, 5.74) is 0.667. The van der Waals surface area contributed by atoms with Crippen molar-refractivity contribution in [2.24, 2.45) is 0 Å². The van der Waals surface area contributed by atoms with E-state index in [4.69, 9.17) is 9.84 Å². The lowest BCUT2D eigenvalue weighted by Crippen LogP contribution is -2.12. The van der Waals surface area contributed by atoms with Crippen LogP contribution in [0.3, 0.4) is 0 Å². The zero-order chi connectivity index (χ0) is 13.4. The van der Waals surface area contributed by atoms with Gasteiger partial charge < -0.3 is 9.84 Å². The van der Waals surface area contributed by atoms with Gasteiger partial charge in [0, 0.05) is 24.4 Å². The summed E-state index contributed by atoms with van der Waals surface area (Å²) in [6.45, 7) is 0.110.